The minimum Gasteiger partial charge on any atom is -0.495 e. The van der Waals surface area contributed by atoms with Gasteiger partial charge in [0.05, 0.1) is 12.8 Å². The van der Waals surface area contributed by atoms with E-state index >= 15 is 0 Å². The standard InChI is InChI=1S/C18H31N3O/c1-20(2)17-9-8-16(14-18(17)22-3)15-19-10-4-5-11-21-12-6-7-13-21/h8-9,14,19H,4-7,10-13,15H2,1-3H3. The van der Waals surface area contributed by atoms with Crippen LogP contribution in [0.3, 0.4) is 0 Å². The van der Waals surface area contributed by atoms with E-state index in [1.165, 1.54) is 50.9 Å². The van der Waals surface area contributed by atoms with Crippen molar-refractivity contribution in [3.05, 3.63) is 23.8 Å². The van der Waals surface area contributed by atoms with Crippen molar-refractivity contribution in [3.8, 4) is 5.75 Å². The van der Waals surface area contributed by atoms with Crippen molar-refractivity contribution in [3.63, 3.8) is 0 Å². The Hall–Kier alpha value is -1.26. The summed E-state index contributed by atoms with van der Waals surface area (Å²) in [5.74, 6) is 0.943. The van der Waals surface area contributed by atoms with Crippen LogP contribution in [0.4, 0.5) is 5.69 Å². The van der Waals surface area contributed by atoms with E-state index in [1.54, 1.807) is 7.11 Å². The molecule has 1 fully saturated rings. The summed E-state index contributed by atoms with van der Waals surface area (Å²) in [6, 6.07) is 6.44. The number of anilines is 1. The number of hydrogen-bond donors (Lipinski definition) is 1. The van der Waals surface area contributed by atoms with Crippen LogP contribution in [0.15, 0.2) is 18.2 Å². The van der Waals surface area contributed by atoms with E-state index in [0.29, 0.717) is 0 Å². The lowest BCUT2D eigenvalue weighted by molar-refractivity contribution is 0.329. The molecule has 0 amide bonds. The average Bonchev–Trinajstić information content (AvgIpc) is 3.03. The third-order valence-electron chi connectivity index (χ3n) is 4.33. The maximum Gasteiger partial charge on any atom is 0.142 e. The van der Waals surface area contributed by atoms with Crippen LogP contribution < -0.4 is 15.0 Å². The Morgan fingerprint density at radius 2 is 1.95 bits per heavy atom. The van der Waals surface area contributed by atoms with Crippen molar-refractivity contribution in [1.29, 1.82) is 0 Å². The van der Waals surface area contributed by atoms with Crippen LogP contribution in [0, 0.1) is 0 Å². The Bertz CT molecular complexity index is 442. The lowest BCUT2D eigenvalue weighted by Gasteiger charge is -2.17. The molecule has 4 nitrogen and oxygen atoms in total. The second-order valence-electron chi connectivity index (χ2n) is 6.33. The van der Waals surface area contributed by atoms with Crippen LogP contribution in [0.5, 0.6) is 5.75 Å². The summed E-state index contributed by atoms with van der Waals surface area (Å²) in [5.41, 5.74) is 2.40. The number of hydrogen-bond acceptors (Lipinski definition) is 4. The summed E-state index contributed by atoms with van der Waals surface area (Å²) in [4.78, 5) is 4.67. The Morgan fingerprint density at radius 3 is 2.64 bits per heavy atom. The molecule has 1 aromatic rings. The van der Waals surface area contributed by atoms with Crippen LogP contribution in [0.25, 0.3) is 0 Å². The van der Waals surface area contributed by atoms with Crippen LogP contribution >= 0.6 is 0 Å². The third kappa shape index (κ3) is 5.18. The van der Waals surface area contributed by atoms with Gasteiger partial charge >= 0.3 is 0 Å². The highest BCUT2D eigenvalue weighted by molar-refractivity contribution is 5.58. The summed E-state index contributed by atoms with van der Waals surface area (Å²) in [6.07, 6.45) is 5.34. The largest absolute Gasteiger partial charge is 0.495 e. The predicted octanol–water partition coefficient (Wildman–Crippen LogP) is 2.73. The monoisotopic (exact) mass is 305 g/mol. The van der Waals surface area contributed by atoms with Crippen molar-refractivity contribution in [2.75, 3.05) is 52.3 Å². The molecule has 1 saturated heterocycles. The molecule has 4 heteroatoms. The zero-order valence-electron chi connectivity index (χ0n) is 14.4. The van der Waals surface area contributed by atoms with E-state index in [9.17, 15) is 0 Å². The quantitative estimate of drug-likeness (QED) is 0.710. The maximum absolute atomic E-state index is 5.47. The first-order valence-corrected chi connectivity index (χ1v) is 8.48. The Labute approximate surface area is 135 Å². The Kier molecular flexibility index (Phi) is 7.00. The predicted molar refractivity (Wildman–Crippen MR) is 93.9 cm³/mol. The molecule has 0 atom stereocenters. The number of nitrogens with one attached hydrogen (secondary N) is 1. The second-order valence-corrected chi connectivity index (χ2v) is 6.33. The van der Waals surface area contributed by atoms with Gasteiger partial charge in [-0.2, -0.15) is 0 Å². The third-order valence-corrected chi connectivity index (χ3v) is 4.33. The van der Waals surface area contributed by atoms with Crippen molar-refractivity contribution < 1.29 is 4.74 Å². The number of ether oxygens (including phenoxy) is 1. The van der Waals surface area contributed by atoms with Crippen molar-refractivity contribution >= 4 is 5.69 Å². The molecule has 1 aliphatic rings. The van der Waals surface area contributed by atoms with Gasteiger partial charge in [-0.25, -0.2) is 0 Å². The summed E-state index contributed by atoms with van der Waals surface area (Å²) in [6.45, 7) is 5.89. The Morgan fingerprint density at radius 1 is 1.18 bits per heavy atom. The van der Waals surface area contributed by atoms with E-state index in [2.05, 4.69) is 33.3 Å². The van der Waals surface area contributed by atoms with E-state index in [0.717, 1.165) is 24.5 Å². The summed E-state index contributed by atoms with van der Waals surface area (Å²) >= 11 is 0. The number of unbranched alkanes of at least 4 members (excludes halogenated alkanes) is 1. The highest BCUT2D eigenvalue weighted by Gasteiger charge is 2.10. The molecule has 1 aliphatic heterocycles. The molecule has 0 aromatic heterocycles. The highest BCUT2D eigenvalue weighted by atomic mass is 16.5. The Balaban J connectivity index is 1.66. The summed E-state index contributed by atoms with van der Waals surface area (Å²) in [7, 11) is 5.81. The highest BCUT2D eigenvalue weighted by Crippen LogP contribution is 2.27. The molecular weight excluding hydrogens is 274 g/mol. The SMILES string of the molecule is COc1cc(CNCCCCN2CCCC2)ccc1N(C)C. The fourth-order valence-corrected chi connectivity index (χ4v) is 3.03. The normalized spacial score (nSPS) is 15.2. The molecule has 1 heterocycles. The fourth-order valence-electron chi connectivity index (χ4n) is 3.03. The number of nitrogens with zero attached hydrogens (tertiary/aromatic N) is 2. The van der Waals surface area contributed by atoms with E-state index in [1.807, 2.05) is 14.1 Å². The molecule has 1 N–H and O–H groups in total. The number of methoxy groups -OCH3 is 1. The molecule has 22 heavy (non-hydrogen) atoms. The van der Waals surface area contributed by atoms with Crippen molar-refractivity contribution in [2.24, 2.45) is 0 Å². The molecule has 0 unspecified atom stereocenters. The number of benzene rings is 1. The van der Waals surface area contributed by atoms with Crippen molar-refractivity contribution in [2.45, 2.75) is 32.2 Å². The lowest BCUT2D eigenvalue weighted by Crippen LogP contribution is -2.22. The van der Waals surface area contributed by atoms with Gasteiger partial charge in [-0.15, -0.1) is 0 Å². The van der Waals surface area contributed by atoms with Crippen LogP contribution in [0.1, 0.15) is 31.2 Å². The zero-order chi connectivity index (χ0) is 15.8. The second kappa shape index (κ2) is 9.01. The summed E-state index contributed by atoms with van der Waals surface area (Å²) in [5, 5.41) is 3.54. The van der Waals surface area contributed by atoms with E-state index in [4.69, 9.17) is 4.74 Å². The first kappa shape index (κ1) is 17.1. The summed E-state index contributed by atoms with van der Waals surface area (Å²) < 4.78 is 5.47. The van der Waals surface area contributed by atoms with Gasteiger partial charge in [-0.05, 0) is 69.6 Å². The van der Waals surface area contributed by atoms with Gasteiger partial charge in [0.25, 0.3) is 0 Å². The molecule has 0 radical (unpaired) electrons. The fraction of sp³-hybridized carbons (Fsp3) is 0.667. The minimum atomic E-state index is 0.910. The zero-order valence-corrected chi connectivity index (χ0v) is 14.4. The molecule has 0 saturated carbocycles. The van der Waals surface area contributed by atoms with Crippen LogP contribution in [-0.2, 0) is 6.54 Å². The molecule has 124 valence electrons. The van der Waals surface area contributed by atoms with Crippen LogP contribution in [0.2, 0.25) is 0 Å². The molecule has 0 aliphatic carbocycles. The van der Waals surface area contributed by atoms with Gasteiger partial charge in [-0.3, -0.25) is 0 Å². The average molecular weight is 305 g/mol. The lowest BCUT2D eigenvalue weighted by atomic mass is 10.1. The molecule has 2 rings (SSSR count). The van der Waals surface area contributed by atoms with Gasteiger partial charge < -0.3 is 19.9 Å². The molecule has 1 aromatic carbocycles. The van der Waals surface area contributed by atoms with Gasteiger partial charge in [0, 0.05) is 20.6 Å². The van der Waals surface area contributed by atoms with E-state index in [-0.39, 0.29) is 0 Å². The van der Waals surface area contributed by atoms with Gasteiger partial charge in [0.2, 0.25) is 0 Å². The smallest absolute Gasteiger partial charge is 0.142 e. The van der Waals surface area contributed by atoms with Gasteiger partial charge in [0.15, 0.2) is 0 Å². The van der Waals surface area contributed by atoms with Crippen molar-refractivity contribution in [1.82, 2.24) is 10.2 Å². The van der Waals surface area contributed by atoms with Gasteiger partial charge in [0.1, 0.15) is 5.75 Å². The molecule has 0 bridgehead atoms. The van der Waals surface area contributed by atoms with Gasteiger partial charge in [-0.1, -0.05) is 6.07 Å². The topological polar surface area (TPSA) is 27.7 Å². The number of likely N-dealkylation sites (tertiary alicyclic amines) is 1. The number of rotatable bonds is 9. The maximum atomic E-state index is 5.47. The minimum absolute atomic E-state index is 0.910. The first-order valence-electron chi connectivity index (χ1n) is 8.48. The molecular formula is C18H31N3O. The van der Waals surface area contributed by atoms with E-state index < -0.39 is 0 Å². The molecule has 0 spiro atoms. The van der Waals surface area contributed by atoms with Crippen LogP contribution in [-0.4, -0.2) is 52.3 Å². The first-order chi connectivity index (χ1) is 10.7.